The molecule has 2 unspecified atom stereocenters. The molecule has 0 amide bonds. The summed E-state index contributed by atoms with van der Waals surface area (Å²) in [4.78, 5) is 0. The fraction of sp³-hybridized carbons (Fsp3) is 0.786. The Labute approximate surface area is 114 Å². The fourth-order valence-corrected chi connectivity index (χ4v) is 3.56. The molecule has 18 heavy (non-hydrogen) atoms. The molecule has 3 nitrogen and oxygen atoms in total. The Hall–Kier alpha value is -0.540. The summed E-state index contributed by atoms with van der Waals surface area (Å²) < 4.78 is 1.97. The van der Waals surface area contributed by atoms with E-state index in [1.165, 1.54) is 44.2 Å². The van der Waals surface area contributed by atoms with Crippen LogP contribution in [-0.4, -0.2) is 22.4 Å². The molecule has 3 rings (SSSR count). The molecule has 0 aliphatic heterocycles. The topological polar surface area (TPSA) is 29.9 Å². The zero-order valence-corrected chi connectivity index (χ0v) is 11.8. The molecule has 1 aromatic heterocycles. The first-order chi connectivity index (χ1) is 8.75. The van der Waals surface area contributed by atoms with E-state index in [-0.39, 0.29) is 0 Å². The van der Waals surface area contributed by atoms with E-state index in [4.69, 9.17) is 11.6 Å². The third-order valence-corrected chi connectivity index (χ3v) is 4.74. The Morgan fingerprint density at radius 3 is 2.78 bits per heavy atom. The van der Waals surface area contributed by atoms with Crippen LogP contribution in [0.5, 0.6) is 0 Å². The molecule has 1 heterocycles. The zero-order chi connectivity index (χ0) is 12.5. The first-order valence-electron chi connectivity index (χ1n) is 7.16. The SMILES string of the molecule is Cn1ncc(Cl)c1C1CCCCC1CNC1CC1. The van der Waals surface area contributed by atoms with Gasteiger partial charge in [-0.1, -0.05) is 24.4 Å². The second kappa shape index (κ2) is 5.22. The molecule has 4 heteroatoms. The molecule has 0 saturated heterocycles. The van der Waals surface area contributed by atoms with Crippen LogP contribution in [0.25, 0.3) is 0 Å². The number of nitrogens with zero attached hydrogens (tertiary/aromatic N) is 2. The molecule has 1 N–H and O–H groups in total. The minimum absolute atomic E-state index is 0.588. The lowest BCUT2D eigenvalue weighted by molar-refractivity contribution is 0.285. The number of rotatable bonds is 4. The summed E-state index contributed by atoms with van der Waals surface area (Å²) in [7, 11) is 2.02. The summed E-state index contributed by atoms with van der Waals surface area (Å²) in [5.41, 5.74) is 1.25. The average Bonchev–Trinajstić information content (AvgIpc) is 3.14. The third-order valence-electron chi connectivity index (χ3n) is 4.44. The maximum atomic E-state index is 6.32. The number of halogens is 1. The lowest BCUT2D eigenvalue weighted by Gasteiger charge is -2.32. The number of nitrogens with one attached hydrogen (secondary N) is 1. The van der Waals surface area contributed by atoms with Crippen molar-refractivity contribution < 1.29 is 0 Å². The summed E-state index contributed by atoms with van der Waals surface area (Å²) in [6.45, 7) is 1.15. The van der Waals surface area contributed by atoms with Crippen molar-refractivity contribution in [3.63, 3.8) is 0 Å². The summed E-state index contributed by atoms with van der Waals surface area (Å²) >= 11 is 6.32. The first-order valence-corrected chi connectivity index (χ1v) is 7.54. The molecule has 2 saturated carbocycles. The highest BCUT2D eigenvalue weighted by atomic mass is 35.5. The lowest BCUT2D eigenvalue weighted by atomic mass is 9.77. The number of aromatic nitrogens is 2. The Morgan fingerprint density at radius 2 is 2.11 bits per heavy atom. The maximum absolute atomic E-state index is 6.32. The van der Waals surface area contributed by atoms with Gasteiger partial charge < -0.3 is 5.32 Å². The Balaban J connectivity index is 1.73. The second-order valence-corrected chi connectivity index (χ2v) is 6.24. The molecule has 2 aliphatic carbocycles. The van der Waals surface area contributed by atoms with Crippen molar-refractivity contribution in [2.24, 2.45) is 13.0 Å². The van der Waals surface area contributed by atoms with Crippen molar-refractivity contribution in [2.45, 2.75) is 50.5 Å². The van der Waals surface area contributed by atoms with E-state index in [0.29, 0.717) is 5.92 Å². The van der Waals surface area contributed by atoms with Gasteiger partial charge >= 0.3 is 0 Å². The molecule has 0 aromatic carbocycles. The number of hydrogen-bond donors (Lipinski definition) is 1. The van der Waals surface area contributed by atoms with Crippen molar-refractivity contribution in [3.8, 4) is 0 Å². The van der Waals surface area contributed by atoms with Gasteiger partial charge in [0.05, 0.1) is 16.9 Å². The molecular weight excluding hydrogens is 246 g/mol. The van der Waals surface area contributed by atoms with Crippen LogP contribution in [0.1, 0.15) is 50.1 Å². The van der Waals surface area contributed by atoms with Gasteiger partial charge in [0.1, 0.15) is 0 Å². The van der Waals surface area contributed by atoms with Gasteiger partial charge in [0.2, 0.25) is 0 Å². The highest BCUT2D eigenvalue weighted by Crippen LogP contribution is 2.40. The lowest BCUT2D eigenvalue weighted by Crippen LogP contribution is -2.31. The van der Waals surface area contributed by atoms with Crippen molar-refractivity contribution in [2.75, 3.05) is 6.54 Å². The highest BCUT2D eigenvalue weighted by molar-refractivity contribution is 6.31. The maximum Gasteiger partial charge on any atom is 0.0820 e. The summed E-state index contributed by atoms with van der Waals surface area (Å²) in [5, 5.41) is 8.83. The van der Waals surface area contributed by atoms with Gasteiger partial charge in [0.15, 0.2) is 0 Å². The molecule has 0 radical (unpaired) electrons. The van der Waals surface area contributed by atoms with Gasteiger partial charge in [-0.15, -0.1) is 0 Å². The Bertz CT molecular complexity index is 392. The quantitative estimate of drug-likeness (QED) is 0.909. The smallest absolute Gasteiger partial charge is 0.0820 e. The molecule has 0 spiro atoms. The van der Waals surface area contributed by atoms with Gasteiger partial charge in [-0.25, -0.2) is 0 Å². The average molecular weight is 268 g/mol. The van der Waals surface area contributed by atoms with Crippen molar-refractivity contribution in [1.82, 2.24) is 15.1 Å². The molecule has 1 aromatic rings. The van der Waals surface area contributed by atoms with E-state index in [0.717, 1.165) is 23.5 Å². The summed E-state index contributed by atoms with van der Waals surface area (Å²) in [6, 6.07) is 0.801. The summed E-state index contributed by atoms with van der Waals surface area (Å²) in [5.74, 6) is 1.32. The Morgan fingerprint density at radius 1 is 1.33 bits per heavy atom. The van der Waals surface area contributed by atoms with Gasteiger partial charge in [-0.2, -0.15) is 5.10 Å². The van der Waals surface area contributed by atoms with Gasteiger partial charge in [0.25, 0.3) is 0 Å². The van der Waals surface area contributed by atoms with Gasteiger partial charge in [0, 0.05) is 19.0 Å². The Kier molecular flexibility index (Phi) is 3.62. The number of aryl methyl sites for hydroxylation is 1. The van der Waals surface area contributed by atoms with E-state index in [1.54, 1.807) is 6.20 Å². The second-order valence-electron chi connectivity index (χ2n) is 5.83. The highest BCUT2D eigenvalue weighted by Gasteiger charge is 2.31. The zero-order valence-electron chi connectivity index (χ0n) is 11.0. The molecule has 100 valence electrons. The predicted octanol–water partition coefficient (Wildman–Crippen LogP) is 3.10. The van der Waals surface area contributed by atoms with Gasteiger partial charge in [-0.3, -0.25) is 4.68 Å². The van der Waals surface area contributed by atoms with Crippen LogP contribution >= 0.6 is 11.6 Å². The van der Waals surface area contributed by atoms with E-state index < -0.39 is 0 Å². The molecule has 0 bridgehead atoms. The minimum Gasteiger partial charge on any atom is -0.314 e. The largest absolute Gasteiger partial charge is 0.314 e. The van der Waals surface area contributed by atoms with Crippen molar-refractivity contribution in [1.29, 1.82) is 0 Å². The first kappa shape index (κ1) is 12.5. The molecule has 2 aliphatic rings. The number of hydrogen-bond acceptors (Lipinski definition) is 2. The van der Waals surface area contributed by atoms with Crippen molar-refractivity contribution >= 4 is 11.6 Å². The van der Waals surface area contributed by atoms with E-state index >= 15 is 0 Å². The van der Waals surface area contributed by atoms with Crippen LogP contribution in [0.3, 0.4) is 0 Å². The van der Waals surface area contributed by atoms with Crippen LogP contribution in [0.15, 0.2) is 6.20 Å². The van der Waals surface area contributed by atoms with E-state index in [9.17, 15) is 0 Å². The van der Waals surface area contributed by atoms with Crippen LogP contribution in [0, 0.1) is 5.92 Å². The molecule has 2 atom stereocenters. The fourth-order valence-electron chi connectivity index (χ4n) is 3.25. The minimum atomic E-state index is 0.588. The third kappa shape index (κ3) is 2.57. The standard InChI is InChI=1S/C14H22ClN3/c1-18-14(13(15)9-17-18)12-5-3-2-4-10(12)8-16-11-6-7-11/h9-12,16H,2-8H2,1H3. The van der Waals surface area contributed by atoms with E-state index in [2.05, 4.69) is 10.4 Å². The predicted molar refractivity (Wildman–Crippen MR) is 73.9 cm³/mol. The van der Waals surface area contributed by atoms with Crippen LogP contribution in [-0.2, 0) is 7.05 Å². The van der Waals surface area contributed by atoms with Crippen LogP contribution in [0.2, 0.25) is 5.02 Å². The normalized spacial score (nSPS) is 28.6. The van der Waals surface area contributed by atoms with E-state index in [1.807, 2.05) is 11.7 Å². The summed E-state index contributed by atoms with van der Waals surface area (Å²) in [6.07, 6.45) is 9.79. The monoisotopic (exact) mass is 267 g/mol. The van der Waals surface area contributed by atoms with Crippen LogP contribution in [0.4, 0.5) is 0 Å². The van der Waals surface area contributed by atoms with Gasteiger partial charge in [-0.05, 0) is 38.1 Å². The van der Waals surface area contributed by atoms with Crippen molar-refractivity contribution in [3.05, 3.63) is 16.9 Å². The molecular formula is C14H22ClN3. The molecule has 2 fully saturated rings. The van der Waals surface area contributed by atoms with Crippen LogP contribution < -0.4 is 5.32 Å².